The first kappa shape index (κ1) is 26.3. The van der Waals surface area contributed by atoms with Crippen molar-refractivity contribution in [1.82, 2.24) is 10.6 Å². The SMILES string of the molecule is CCCCC(O)C(=O)C[C@@H](C(=O)O)N(NCC(N)CS)OCC[C@@H](C)CC. The Morgan fingerprint density at radius 2 is 1.96 bits per heavy atom. The lowest BCUT2D eigenvalue weighted by atomic mass is 10.0. The van der Waals surface area contributed by atoms with E-state index in [-0.39, 0.29) is 19.0 Å². The van der Waals surface area contributed by atoms with E-state index in [1.165, 1.54) is 0 Å². The van der Waals surface area contributed by atoms with Crippen LogP contribution >= 0.6 is 12.6 Å². The average molecular weight is 408 g/mol. The molecular formula is C18H37N3O5S. The summed E-state index contributed by atoms with van der Waals surface area (Å²) in [5.41, 5.74) is 8.68. The van der Waals surface area contributed by atoms with Crippen LogP contribution in [0.3, 0.4) is 0 Å². The quantitative estimate of drug-likeness (QED) is 0.181. The van der Waals surface area contributed by atoms with Crippen LogP contribution in [0.2, 0.25) is 0 Å². The molecule has 0 saturated heterocycles. The molecule has 9 heteroatoms. The molecule has 0 bridgehead atoms. The standard InChI is InChI=1S/C18H37N3O5S/c1-4-6-7-16(22)17(23)10-15(18(24)25)21(20-11-14(19)12-27)26-9-8-13(3)5-2/h13-16,20,22,27H,4-12,19H2,1-3H3,(H,24,25)/t13-,14?,15-,16?/m0/s1. The van der Waals surface area contributed by atoms with E-state index >= 15 is 0 Å². The van der Waals surface area contributed by atoms with Gasteiger partial charge in [0.2, 0.25) is 0 Å². The van der Waals surface area contributed by atoms with Gasteiger partial charge in [-0.05, 0) is 18.8 Å². The molecule has 0 heterocycles. The van der Waals surface area contributed by atoms with Crippen LogP contribution in [0.15, 0.2) is 0 Å². The van der Waals surface area contributed by atoms with Crippen LogP contribution in [0.25, 0.3) is 0 Å². The second-order valence-electron chi connectivity index (χ2n) is 6.95. The largest absolute Gasteiger partial charge is 0.480 e. The summed E-state index contributed by atoms with van der Waals surface area (Å²) in [6.07, 6.45) is 2.11. The molecule has 27 heavy (non-hydrogen) atoms. The lowest BCUT2D eigenvalue weighted by Crippen LogP contribution is -2.54. The molecule has 8 nitrogen and oxygen atoms in total. The van der Waals surface area contributed by atoms with Crippen molar-refractivity contribution in [3.05, 3.63) is 0 Å². The highest BCUT2D eigenvalue weighted by Gasteiger charge is 2.31. The maximum Gasteiger partial charge on any atom is 0.325 e. The van der Waals surface area contributed by atoms with E-state index in [0.717, 1.165) is 24.4 Å². The van der Waals surface area contributed by atoms with E-state index < -0.39 is 23.9 Å². The van der Waals surface area contributed by atoms with Crippen LogP contribution in [0.5, 0.6) is 0 Å². The number of hydrogen-bond donors (Lipinski definition) is 5. The Labute approximate surface area is 168 Å². The Morgan fingerprint density at radius 3 is 2.48 bits per heavy atom. The molecule has 4 atom stereocenters. The molecule has 0 rings (SSSR count). The van der Waals surface area contributed by atoms with Gasteiger partial charge >= 0.3 is 5.97 Å². The summed E-state index contributed by atoms with van der Waals surface area (Å²) >= 11 is 4.11. The molecule has 0 fully saturated rings. The van der Waals surface area contributed by atoms with E-state index in [1.807, 2.05) is 6.92 Å². The minimum Gasteiger partial charge on any atom is -0.480 e. The van der Waals surface area contributed by atoms with Crippen LogP contribution in [-0.4, -0.2) is 64.2 Å². The number of nitrogens with one attached hydrogen (secondary N) is 1. The van der Waals surface area contributed by atoms with Crippen LogP contribution in [0.1, 0.15) is 59.3 Å². The van der Waals surface area contributed by atoms with Crippen molar-refractivity contribution in [1.29, 1.82) is 0 Å². The second-order valence-corrected chi connectivity index (χ2v) is 7.31. The molecule has 0 spiro atoms. The summed E-state index contributed by atoms with van der Waals surface area (Å²) < 4.78 is 0. The number of unbranched alkanes of at least 4 members (excludes halogenated alkanes) is 1. The lowest BCUT2D eigenvalue weighted by Gasteiger charge is -2.29. The number of hydrogen-bond acceptors (Lipinski definition) is 8. The zero-order chi connectivity index (χ0) is 20.8. The first-order valence-corrected chi connectivity index (χ1v) is 10.4. The predicted octanol–water partition coefficient (Wildman–Crippen LogP) is 1.38. The molecule has 160 valence electrons. The van der Waals surface area contributed by atoms with Gasteiger partial charge < -0.3 is 15.9 Å². The van der Waals surface area contributed by atoms with Crippen LogP contribution in [0, 0.1) is 5.92 Å². The normalized spacial score (nSPS) is 16.1. The first-order chi connectivity index (χ1) is 12.8. The average Bonchev–Trinajstić information content (AvgIpc) is 2.65. The smallest absolute Gasteiger partial charge is 0.325 e. The van der Waals surface area contributed by atoms with E-state index in [0.29, 0.717) is 31.1 Å². The molecule has 0 aromatic heterocycles. The van der Waals surface area contributed by atoms with Crippen molar-refractivity contribution in [3.63, 3.8) is 0 Å². The molecule has 2 unspecified atom stereocenters. The highest BCUT2D eigenvalue weighted by Crippen LogP contribution is 2.12. The Balaban J connectivity index is 5.00. The molecule has 0 aliphatic heterocycles. The van der Waals surface area contributed by atoms with Gasteiger partial charge in [-0.2, -0.15) is 12.6 Å². The third kappa shape index (κ3) is 11.7. The fourth-order valence-corrected chi connectivity index (χ4v) is 2.36. The summed E-state index contributed by atoms with van der Waals surface area (Å²) in [6, 6.07) is -1.55. The highest BCUT2D eigenvalue weighted by atomic mass is 32.1. The molecule has 5 N–H and O–H groups in total. The lowest BCUT2D eigenvalue weighted by molar-refractivity contribution is -0.230. The highest BCUT2D eigenvalue weighted by molar-refractivity contribution is 7.80. The number of nitrogens with zero attached hydrogens (tertiary/aromatic N) is 1. The van der Waals surface area contributed by atoms with Crippen molar-refractivity contribution >= 4 is 24.4 Å². The summed E-state index contributed by atoms with van der Waals surface area (Å²) in [5.74, 6) is -0.861. The summed E-state index contributed by atoms with van der Waals surface area (Å²) in [4.78, 5) is 29.6. The number of ketones is 1. The third-order valence-electron chi connectivity index (χ3n) is 4.45. The number of nitrogens with two attached hydrogens (primary N) is 1. The van der Waals surface area contributed by atoms with Crippen LogP contribution in [0.4, 0.5) is 0 Å². The molecular weight excluding hydrogens is 370 g/mol. The number of Topliss-reactive ketones (excluding diaryl/α,β-unsaturated/α-hetero) is 1. The van der Waals surface area contributed by atoms with Crippen molar-refractivity contribution < 1.29 is 24.6 Å². The molecule has 0 radical (unpaired) electrons. The maximum absolute atomic E-state index is 12.2. The third-order valence-corrected chi connectivity index (χ3v) is 4.92. The van der Waals surface area contributed by atoms with Gasteiger partial charge in [0, 0.05) is 24.8 Å². The minimum atomic E-state index is -1.25. The predicted molar refractivity (Wildman–Crippen MR) is 108 cm³/mol. The number of rotatable bonds is 17. The van der Waals surface area contributed by atoms with Crippen LogP contribution in [-0.2, 0) is 14.4 Å². The number of carbonyl (C=O) groups excluding carboxylic acids is 1. The molecule has 0 aromatic carbocycles. The van der Waals surface area contributed by atoms with Crippen molar-refractivity contribution in [2.24, 2.45) is 11.7 Å². The molecule has 0 aliphatic carbocycles. The second kappa shape index (κ2) is 15.2. The monoisotopic (exact) mass is 407 g/mol. The van der Waals surface area contributed by atoms with Gasteiger partial charge in [-0.3, -0.25) is 14.4 Å². The number of hydroxylamine groups is 1. The van der Waals surface area contributed by atoms with E-state index in [1.54, 1.807) is 0 Å². The molecule has 0 aromatic rings. The Bertz CT molecular complexity index is 428. The Hall–Kier alpha value is -0.710. The van der Waals surface area contributed by atoms with Gasteiger partial charge in [-0.25, -0.2) is 5.43 Å². The minimum absolute atomic E-state index is 0.253. The topological polar surface area (TPSA) is 125 Å². The Morgan fingerprint density at radius 1 is 1.30 bits per heavy atom. The fourth-order valence-electron chi connectivity index (χ4n) is 2.23. The molecule has 0 saturated carbocycles. The van der Waals surface area contributed by atoms with Crippen molar-refractivity contribution in [2.75, 3.05) is 18.9 Å². The molecule has 0 amide bonds. The number of carbonyl (C=O) groups is 2. The van der Waals surface area contributed by atoms with Gasteiger partial charge in [0.25, 0.3) is 0 Å². The number of aliphatic hydroxyl groups excluding tert-OH is 1. The maximum atomic E-state index is 12.2. The van der Waals surface area contributed by atoms with Gasteiger partial charge in [-0.1, -0.05) is 40.0 Å². The Kier molecular flexibility index (Phi) is 14.8. The molecule has 0 aliphatic rings. The number of aliphatic carboxylic acids is 1. The number of hydrazine groups is 1. The summed E-state index contributed by atoms with van der Waals surface area (Å²) in [7, 11) is 0. The van der Waals surface area contributed by atoms with E-state index in [4.69, 9.17) is 10.6 Å². The fraction of sp³-hybridized carbons (Fsp3) is 0.889. The van der Waals surface area contributed by atoms with Gasteiger partial charge in [-0.15, -0.1) is 5.17 Å². The number of carboxylic acid groups (broad SMARTS) is 1. The number of aliphatic hydroxyl groups is 1. The van der Waals surface area contributed by atoms with Gasteiger partial charge in [0.15, 0.2) is 11.8 Å². The van der Waals surface area contributed by atoms with Gasteiger partial charge in [0.05, 0.1) is 6.61 Å². The van der Waals surface area contributed by atoms with E-state index in [2.05, 4.69) is 31.9 Å². The zero-order valence-corrected chi connectivity index (χ0v) is 17.7. The van der Waals surface area contributed by atoms with Gasteiger partial charge in [0.1, 0.15) is 6.10 Å². The zero-order valence-electron chi connectivity index (χ0n) is 16.8. The van der Waals surface area contributed by atoms with Crippen molar-refractivity contribution in [2.45, 2.75) is 77.5 Å². The number of thiol groups is 1. The summed E-state index contributed by atoms with van der Waals surface area (Å²) in [6.45, 7) is 6.68. The van der Waals surface area contributed by atoms with Crippen LogP contribution < -0.4 is 11.2 Å². The van der Waals surface area contributed by atoms with Crippen molar-refractivity contribution in [3.8, 4) is 0 Å². The summed E-state index contributed by atoms with van der Waals surface area (Å²) in [5, 5.41) is 20.6. The number of carboxylic acids is 1. The van der Waals surface area contributed by atoms with E-state index in [9.17, 15) is 19.8 Å². The first-order valence-electron chi connectivity index (χ1n) is 9.72.